The number of morpholine rings is 1. The number of guanidine groups is 1. The van der Waals surface area contributed by atoms with Gasteiger partial charge in [0.15, 0.2) is 5.96 Å². The van der Waals surface area contributed by atoms with Crippen LogP contribution in [-0.4, -0.2) is 61.1 Å². The molecular weight excluding hydrogens is 454 g/mol. The molecule has 0 spiro atoms. The van der Waals surface area contributed by atoms with Gasteiger partial charge in [-0.2, -0.15) is 0 Å². The van der Waals surface area contributed by atoms with Crippen molar-refractivity contribution in [1.29, 1.82) is 0 Å². The van der Waals surface area contributed by atoms with E-state index in [1.807, 2.05) is 29.2 Å². The van der Waals surface area contributed by atoms with Crippen LogP contribution in [0.4, 0.5) is 11.4 Å². The molecule has 2 aromatic rings. The minimum atomic E-state index is -0.184. The Morgan fingerprint density at radius 3 is 2.76 bits per heavy atom. The second-order valence-electron chi connectivity index (χ2n) is 9.28. The highest BCUT2D eigenvalue weighted by molar-refractivity contribution is 6.36. The average molecular weight is 480 g/mol. The summed E-state index contributed by atoms with van der Waals surface area (Å²) in [5.41, 5.74) is 3.74. The fourth-order valence-electron chi connectivity index (χ4n) is 4.95. The Morgan fingerprint density at radius 1 is 1.18 bits per heavy atom. The number of benzene rings is 2. The molecule has 9 heteroatoms. The summed E-state index contributed by atoms with van der Waals surface area (Å²) in [6.07, 6.45) is 3.21. The van der Waals surface area contributed by atoms with Gasteiger partial charge in [0, 0.05) is 24.3 Å². The van der Waals surface area contributed by atoms with E-state index in [0.29, 0.717) is 53.4 Å². The molecule has 0 radical (unpaired) electrons. The predicted octanol–water partition coefficient (Wildman–Crippen LogP) is 3.26. The fourth-order valence-corrected chi connectivity index (χ4v) is 5.21. The van der Waals surface area contributed by atoms with E-state index in [2.05, 4.69) is 20.9 Å². The van der Waals surface area contributed by atoms with Crippen LogP contribution in [0.2, 0.25) is 5.02 Å². The number of hydrogen-bond donors (Lipinski definition) is 3. The Morgan fingerprint density at radius 2 is 2.06 bits per heavy atom. The zero-order valence-corrected chi connectivity index (χ0v) is 19.4. The molecule has 3 N–H and O–H groups in total. The average Bonchev–Trinajstić information content (AvgIpc) is 3.20. The van der Waals surface area contributed by atoms with Crippen LogP contribution >= 0.6 is 11.6 Å². The smallest absolute Gasteiger partial charge is 0.257 e. The maximum Gasteiger partial charge on any atom is 0.257 e. The molecule has 2 bridgehead atoms. The molecule has 4 aliphatic rings. The number of halogens is 1. The molecule has 2 atom stereocenters. The van der Waals surface area contributed by atoms with Gasteiger partial charge < -0.3 is 20.3 Å². The third-order valence-corrected chi connectivity index (χ3v) is 7.30. The molecule has 2 unspecified atom stereocenters. The number of fused-ring (bicyclic) bond motifs is 2. The zero-order valence-electron chi connectivity index (χ0n) is 18.6. The molecule has 3 fully saturated rings. The van der Waals surface area contributed by atoms with Gasteiger partial charge in [-0.25, -0.2) is 0 Å². The van der Waals surface area contributed by atoms with E-state index in [-0.39, 0.29) is 24.0 Å². The van der Waals surface area contributed by atoms with E-state index in [1.165, 1.54) is 0 Å². The van der Waals surface area contributed by atoms with E-state index < -0.39 is 0 Å². The molecule has 8 nitrogen and oxygen atoms in total. The molecule has 1 saturated carbocycles. The lowest BCUT2D eigenvalue weighted by atomic mass is 10.0. The van der Waals surface area contributed by atoms with Gasteiger partial charge in [-0.3, -0.25) is 19.9 Å². The molecule has 2 saturated heterocycles. The van der Waals surface area contributed by atoms with Crippen LogP contribution in [0, 0.1) is 0 Å². The normalized spacial score (nSPS) is 23.0. The minimum absolute atomic E-state index is 0.0534. The van der Waals surface area contributed by atoms with Crippen LogP contribution in [0.3, 0.4) is 0 Å². The van der Waals surface area contributed by atoms with Crippen molar-refractivity contribution in [2.24, 2.45) is 4.99 Å². The number of ether oxygens (including phenoxy) is 1. The van der Waals surface area contributed by atoms with Gasteiger partial charge in [0.1, 0.15) is 0 Å². The van der Waals surface area contributed by atoms with Gasteiger partial charge in [0.05, 0.1) is 41.6 Å². The molecule has 3 heterocycles. The van der Waals surface area contributed by atoms with Crippen LogP contribution in [0.15, 0.2) is 41.4 Å². The summed E-state index contributed by atoms with van der Waals surface area (Å²) in [4.78, 5) is 32.0. The number of hydrogen-bond acceptors (Lipinski definition) is 6. The highest BCUT2D eigenvalue weighted by Gasteiger charge is 2.42. The second kappa shape index (κ2) is 8.60. The number of rotatable bonds is 5. The first-order valence-corrected chi connectivity index (χ1v) is 12.2. The SMILES string of the molecule is O=C(NC1=NCCN1)c1ccc(Nc2cccc(C(=O)N3CC4CC3CO4)c2Cl)c(C2CC2)c1. The lowest BCUT2D eigenvalue weighted by Gasteiger charge is -2.27. The standard InChI is InChI=1S/C25H26ClN5O3/c26-22-18(24(33)31-12-17-11-16(31)13-34-17)2-1-3-21(22)29-20-7-6-15(10-19(20)14-4-5-14)23(32)30-25-27-8-9-28-25/h1-3,6-7,10,14,16-17,29H,4-5,8-9,11-13H2,(H2,27,28,30,32). The number of amides is 2. The number of nitrogens with zero attached hydrogens (tertiary/aromatic N) is 2. The first-order chi connectivity index (χ1) is 16.6. The summed E-state index contributed by atoms with van der Waals surface area (Å²) in [6.45, 7) is 2.62. The van der Waals surface area contributed by atoms with Crippen molar-refractivity contribution in [2.45, 2.75) is 37.3 Å². The van der Waals surface area contributed by atoms with Gasteiger partial charge in [0.25, 0.3) is 11.8 Å². The van der Waals surface area contributed by atoms with Gasteiger partial charge in [-0.15, -0.1) is 0 Å². The number of nitrogens with one attached hydrogen (secondary N) is 3. The van der Waals surface area contributed by atoms with Crippen LogP contribution < -0.4 is 16.0 Å². The quantitative estimate of drug-likeness (QED) is 0.612. The van der Waals surface area contributed by atoms with Crippen molar-refractivity contribution in [1.82, 2.24) is 15.5 Å². The number of anilines is 2. The monoisotopic (exact) mass is 479 g/mol. The highest BCUT2D eigenvalue weighted by atomic mass is 35.5. The first kappa shape index (κ1) is 21.4. The number of carbonyl (C=O) groups excluding carboxylic acids is 2. The van der Waals surface area contributed by atoms with Crippen LogP contribution in [0.1, 0.15) is 51.5 Å². The van der Waals surface area contributed by atoms with E-state index in [4.69, 9.17) is 16.3 Å². The zero-order chi connectivity index (χ0) is 23.2. The first-order valence-electron chi connectivity index (χ1n) is 11.8. The Bertz CT molecular complexity index is 1200. The summed E-state index contributed by atoms with van der Waals surface area (Å²) in [5.74, 6) is 0.686. The van der Waals surface area contributed by atoms with Crippen molar-refractivity contribution in [3.05, 3.63) is 58.1 Å². The maximum atomic E-state index is 13.2. The highest BCUT2D eigenvalue weighted by Crippen LogP contribution is 2.45. The molecule has 2 aromatic carbocycles. The van der Waals surface area contributed by atoms with Crippen LogP contribution in [0.25, 0.3) is 0 Å². The Balaban J connectivity index is 1.24. The van der Waals surface area contributed by atoms with Crippen molar-refractivity contribution in [2.75, 3.05) is 31.6 Å². The topological polar surface area (TPSA) is 95.1 Å². The van der Waals surface area contributed by atoms with Crippen molar-refractivity contribution < 1.29 is 14.3 Å². The molecule has 0 aromatic heterocycles. The van der Waals surface area contributed by atoms with E-state index in [9.17, 15) is 9.59 Å². The van der Waals surface area contributed by atoms with Crippen molar-refractivity contribution >= 4 is 40.7 Å². The molecule has 1 aliphatic carbocycles. The minimum Gasteiger partial charge on any atom is -0.374 e. The molecule has 34 heavy (non-hydrogen) atoms. The van der Waals surface area contributed by atoms with E-state index >= 15 is 0 Å². The molecule has 3 aliphatic heterocycles. The molecule has 6 rings (SSSR count). The summed E-state index contributed by atoms with van der Waals surface area (Å²) in [7, 11) is 0. The number of carbonyl (C=O) groups is 2. The lowest BCUT2D eigenvalue weighted by Crippen LogP contribution is -2.41. The fraction of sp³-hybridized carbons (Fsp3) is 0.400. The number of aliphatic imine (C=N–C) groups is 1. The molecular formula is C25H26ClN5O3. The van der Waals surface area contributed by atoms with Crippen LogP contribution in [-0.2, 0) is 4.74 Å². The van der Waals surface area contributed by atoms with Gasteiger partial charge >= 0.3 is 0 Å². The van der Waals surface area contributed by atoms with E-state index in [0.717, 1.165) is 37.1 Å². The molecule has 2 amide bonds. The third kappa shape index (κ3) is 4.01. The van der Waals surface area contributed by atoms with Gasteiger partial charge in [-0.1, -0.05) is 17.7 Å². The Labute approximate surface area is 202 Å². The van der Waals surface area contributed by atoms with Crippen molar-refractivity contribution in [3.8, 4) is 0 Å². The van der Waals surface area contributed by atoms with Gasteiger partial charge in [-0.05, 0) is 61.1 Å². The number of likely N-dealkylation sites (tertiary alicyclic amines) is 1. The predicted molar refractivity (Wildman–Crippen MR) is 130 cm³/mol. The summed E-state index contributed by atoms with van der Waals surface area (Å²) < 4.78 is 5.63. The summed E-state index contributed by atoms with van der Waals surface area (Å²) in [5, 5.41) is 9.71. The maximum absolute atomic E-state index is 13.2. The Hall–Kier alpha value is -3.10. The largest absolute Gasteiger partial charge is 0.374 e. The van der Waals surface area contributed by atoms with Crippen molar-refractivity contribution in [3.63, 3.8) is 0 Å². The Kier molecular flexibility index (Phi) is 5.42. The van der Waals surface area contributed by atoms with Gasteiger partial charge in [0.2, 0.25) is 0 Å². The second-order valence-corrected chi connectivity index (χ2v) is 9.66. The van der Waals surface area contributed by atoms with Crippen LogP contribution in [0.5, 0.6) is 0 Å². The third-order valence-electron chi connectivity index (χ3n) is 6.90. The summed E-state index contributed by atoms with van der Waals surface area (Å²) >= 11 is 6.73. The lowest BCUT2D eigenvalue weighted by molar-refractivity contribution is 0.0259. The molecule has 176 valence electrons. The van der Waals surface area contributed by atoms with E-state index in [1.54, 1.807) is 12.1 Å². The summed E-state index contributed by atoms with van der Waals surface area (Å²) in [6, 6.07) is 11.3.